The molecule has 0 aromatic heterocycles. The molecule has 1 aromatic carbocycles. The van der Waals surface area contributed by atoms with Crippen LogP contribution < -0.4 is 15.4 Å². The first kappa shape index (κ1) is 16.3. The van der Waals surface area contributed by atoms with Crippen molar-refractivity contribution < 1.29 is 4.74 Å². The van der Waals surface area contributed by atoms with E-state index in [4.69, 9.17) is 16.3 Å². The summed E-state index contributed by atoms with van der Waals surface area (Å²) in [4.78, 5) is 4.02. The van der Waals surface area contributed by atoms with Crippen molar-refractivity contribution >= 4 is 41.5 Å². The predicted octanol–water partition coefficient (Wildman–Crippen LogP) is 2.26. The summed E-state index contributed by atoms with van der Waals surface area (Å²) in [6.45, 7) is 0.633. The first-order valence-electron chi connectivity index (χ1n) is 4.92. The number of benzene rings is 1. The summed E-state index contributed by atoms with van der Waals surface area (Å²) >= 11 is 5.88. The van der Waals surface area contributed by atoms with E-state index in [2.05, 4.69) is 15.6 Å². The second kappa shape index (κ2) is 8.41. The molecule has 0 saturated carbocycles. The molecule has 17 heavy (non-hydrogen) atoms. The molecule has 0 aliphatic heterocycles. The molecule has 0 amide bonds. The van der Waals surface area contributed by atoms with Crippen molar-refractivity contribution in [1.82, 2.24) is 10.6 Å². The lowest BCUT2D eigenvalue weighted by Crippen LogP contribution is -2.34. The van der Waals surface area contributed by atoms with E-state index < -0.39 is 0 Å². The molecule has 0 aliphatic carbocycles. The fourth-order valence-electron chi connectivity index (χ4n) is 1.32. The number of hydrogen-bond acceptors (Lipinski definition) is 2. The van der Waals surface area contributed by atoms with Crippen LogP contribution in [0.5, 0.6) is 5.75 Å². The van der Waals surface area contributed by atoms with Crippen LogP contribution in [0.3, 0.4) is 0 Å². The Hall–Kier alpha value is -0.690. The quantitative estimate of drug-likeness (QED) is 0.488. The minimum Gasteiger partial charge on any atom is -0.496 e. The fraction of sp³-hybridized carbons (Fsp3) is 0.364. The van der Waals surface area contributed by atoms with Crippen LogP contribution in [-0.4, -0.2) is 27.2 Å². The Morgan fingerprint density at radius 1 is 1.47 bits per heavy atom. The Balaban J connectivity index is 0.00000256. The van der Waals surface area contributed by atoms with Crippen molar-refractivity contribution in [3.8, 4) is 5.75 Å². The van der Waals surface area contributed by atoms with E-state index in [9.17, 15) is 0 Å². The van der Waals surface area contributed by atoms with Gasteiger partial charge in [0.05, 0.1) is 7.11 Å². The molecular weight excluding hydrogens is 352 g/mol. The van der Waals surface area contributed by atoms with Gasteiger partial charge in [-0.15, -0.1) is 24.0 Å². The highest BCUT2D eigenvalue weighted by atomic mass is 127. The average molecular weight is 370 g/mol. The summed E-state index contributed by atoms with van der Waals surface area (Å²) in [5, 5.41) is 6.75. The van der Waals surface area contributed by atoms with E-state index in [1.54, 1.807) is 20.2 Å². The van der Waals surface area contributed by atoms with Gasteiger partial charge < -0.3 is 15.4 Å². The van der Waals surface area contributed by atoms with Gasteiger partial charge in [0.15, 0.2) is 5.96 Å². The number of methoxy groups -OCH3 is 1. The first-order chi connectivity index (χ1) is 7.71. The number of nitrogens with zero attached hydrogens (tertiary/aromatic N) is 1. The molecular formula is C11H17ClIN3O. The number of rotatable bonds is 3. The van der Waals surface area contributed by atoms with Gasteiger partial charge >= 0.3 is 0 Å². The van der Waals surface area contributed by atoms with Gasteiger partial charge in [0, 0.05) is 31.2 Å². The van der Waals surface area contributed by atoms with Gasteiger partial charge in [-0.2, -0.15) is 0 Å². The monoisotopic (exact) mass is 369 g/mol. The van der Waals surface area contributed by atoms with E-state index in [-0.39, 0.29) is 24.0 Å². The molecule has 0 saturated heterocycles. The highest BCUT2D eigenvalue weighted by Gasteiger charge is 2.04. The molecule has 0 spiro atoms. The minimum atomic E-state index is 0. The van der Waals surface area contributed by atoms with Crippen LogP contribution in [0.2, 0.25) is 5.02 Å². The summed E-state index contributed by atoms with van der Waals surface area (Å²) in [6, 6.07) is 5.56. The predicted molar refractivity (Wildman–Crippen MR) is 82.7 cm³/mol. The standard InChI is InChI=1S/C11H16ClN3O.HI/c1-13-11(14-2)15-7-8-4-5-9(12)6-10(8)16-3;/h4-6H,7H2,1-3H3,(H2,13,14,15);1H. The van der Waals surface area contributed by atoms with Crippen LogP contribution in [0.15, 0.2) is 23.2 Å². The molecule has 0 fully saturated rings. The number of guanidine groups is 1. The highest BCUT2D eigenvalue weighted by molar-refractivity contribution is 14.0. The lowest BCUT2D eigenvalue weighted by Gasteiger charge is -2.11. The number of halogens is 2. The summed E-state index contributed by atoms with van der Waals surface area (Å²) in [5.74, 6) is 1.50. The molecule has 6 heteroatoms. The van der Waals surface area contributed by atoms with Gasteiger partial charge in [0.1, 0.15) is 5.75 Å². The third-order valence-corrected chi connectivity index (χ3v) is 2.39. The van der Waals surface area contributed by atoms with Gasteiger partial charge in [-0.1, -0.05) is 17.7 Å². The Morgan fingerprint density at radius 3 is 2.71 bits per heavy atom. The van der Waals surface area contributed by atoms with Gasteiger partial charge in [0.25, 0.3) is 0 Å². The van der Waals surface area contributed by atoms with Crippen molar-refractivity contribution in [1.29, 1.82) is 0 Å². The maximum absolute atomic E-state index is 5.88. The molecule has 0 heterocycles. The van der Waals surface area contributed by atoms with E-state index in [0.717, 1.165) is 17.3 Å². The third-order valence-electron chi connectivity index (χ3n) is 2.16. The number of nitrogens with one attached hydrogen (secondary N) is 2. The van der Waals surface area contributed by atoms with Gasteiger partial charge in [-0.25, -0.2) is 0 Å². The Morgan fingerprint density at radius 2 is 2.18 bits per heavy atom. The molecule has 0 bridgehead atoms. The lowest BCUT2D eigenvalue weighted by molar-refractivity contribution is 0.409. The van der Waals surface area contributed by atoms with Gasteiger partial charge in [0.2, 0.25) is 0 Å². The maximum Gasteiger partial charge on any atom is 0.190 e. The van der Waals surface area contributed by atoms with Crippen molar-refractivity contribution in [2.24, 2.45) is 4.99 Å². The molecule has 1 aromatic rings. The second-order valence-electron chi connectivity index (χ2n) is 3.13. The van der Waals surface area contributed by atoms with Crippen LogP contribution in [0.4, 0.5) is 0 Å². The molecule has 0 atom stereocenters. The van der Waals surface area contributed by atoms with Crippen molar-refractivity contribution in [3.63, 3.8) is 0 Å². The first-order valence-corrected chi connectivity index (χ1v) is 5.30. The highest BCUT2D eigenvalue weighted by Crippen LogP contribution is 2.22. The smallest absolute Gasteiger partial charge is 0.190 e. The Bertz CT molecular complexity index is 385. The van der Waals surface area contributed by atoms with Crippen molar-refractivity contribution in [2.75, 3.05) is 21.2 Å². The maximum atomic E-state index is 5.88. The molecule has 2 N–H and O–H groups in total. The number of aliphatic imine (C=N–C) groups is 1. The van der Waals surface area contributed by atoms with Crippen LogP contribution in [0, 0.1) is 0 Å². The number of ether oxygens (including phenoxy) is 1. The fourth-order valence-corrected chi connectivity index (χ4v) is 1.48. The second-order valence-corrected chi connectivity index (χ2v) is 3.57. The SMILES string of the molecule is CN=C(NC)NCc1ccc(Cl)cc1OC.I. The number of hydrogen-bond donors (Lipinski definition) is 2. The van der Waals surface area contributed by atoms with Crippen LogP contribution in [0.1, 0.15) is 5.56 Å². The average Bonchev–Trinajstić information content (AvgIpc) is 2.31. The molecule has 1 rings (SSSR count). The normalized spacial score (nSPS) is 10.5. The van der Waals surface area contributed by atoms with Crippen molar-refractivity contribution in [3.05, 3.63) is 28.8 Å². The largest absolute Gasteiger partial charge is 0.496 e. The van der Waals surface area contributed by atoms with E-state index in [0.29, 0.717) is 11.6 Å². The minimum absolute atomic E-state index is 0. The zero-order valence-corrected chi connectivity index (χ0v) is 13.2. The van der Waals surface area contributed by atoms with E-state index in [1.165, 1.54) is 0 Å². The molecule has 0 unspecified atom stereocenters. The molecule has 0 aliphatic rings. The summed E-state index contributed by atoms with van der Waals surface area (Å²) in [5.41, 5.74) is 1.03. The molecule has 0 radical (unpaired) electrons. The third kappa shape index (κ3) is 4.99. The summed E-state index contributed by atoms with van der Waals surface area (Å²) < 4.78 is 5.24. The zero-order chi connectivity index (χ0) is 12.0. The van der Waals surface area contributed by atoms with Crippen LogP contribution in [-0.2, 0) is 6.54 Å². The topological polar surface area (TPSA) is 45.7 Å². The lowest BCUT2D eigenvalue weighted by atomic mass is 10.2. The zero-order valence-electron chi connectivity index (χ0n) is 10.1. The van der Waals surface area contributed by atoms with Gasteiger partial charge in [-0.05, 0) is 12.1 Å². The van der Waals surface area contributed by atoms with Crippen LogP contribution >= 0.6 is 35.6 Å². The Kier molecular flexibility index (Phi) is 8.07. The summed E-state index contributed by atoms with van der Waals surface area (Å²) in [6.07, 6.45) is 0. The van der Waals surface area contributed by atoms with E-state index >= 15 is 0 Å². The Labute approximate surface area is 124 Å². The van der Waals surface area contributed by atoms with Crippen LogP contribution in [0.25, 0.3) is 0 Å². The van der Waals surface area contributed by atoms with E-state index in [1.807, 2.05) is 19.2 Å². The summed E-state index contributed by atoms with van der Waals surface area (Å²) in [7, 11) is 5.16. The molecule has 96 valence electrons. The molecule has 4 nitrogen and oxygen atoms in total. The van der Waals surface area contributed by atoms with Gasteiger partial charge in [-0.3, -0.25) is 4.99 Å². The van der Waals surface area contributed by atoms with Crippen molar-refractivity contribution in [2.45, 2.75) is 6.54 Å².